The summed E-state index contributed by atoms with van der Waals surface area (Å²) in [5.41, 5.74) is 2.32. The first-order valence-electron chi connectivity index (χ1n) is 13.3. The number of alkyl halides is 3. The number of aromatic hydroxyl groups is 1. The van der Waals surface area contributed by atoms with E-state index >= 15 is 0 Å². The Morgan fingerprint density at radius 1 is 1.14 bits per heavy atom. The minimum absolute atomic E-state index is 0.0502. The highest BCUT2D eigenvalue weighted by molar-refractivity contribution is 6.32. The number of fused-ring (bicyclic) bond motifs is 1. The number of benzene rings is 2. The largest absolute Gasteiger partial charge is 0.506 e. The van der Waals surface area contributed by atoms with Gasteiger partial charge in [0.25, 0.3) is 0 Å². The lowest BCUT2D eigenvalue weighted by molar-refractivity contribution is -0.192. The van der Waals surface area contributed by atoms with Crippen LogP contribution in [0.1, 0.15) is 30.9 Å². The molecule has 42 heavy (non-hydrogen) atoms. The van der Waals surface area contributed by atoms with Gasteiger partial charge in [-0.25, -0.2) is 4.79 Å². The van der Waals surface area contributed by atoms with Crippen molar-refractivity contribution in [1.29, 1.82) is 0 Å². The van der Waals surface area contributed by atoms with Crippen molar-refractivity contribution in [2.45, 2.75) is 56.5 Å². The summed E-state index contributed by atoms with van der Waals surface area (Å²) in [7, 11) is 0. The number of halogens is 5. The van der Waals surface area contributed by atoms with Gasteiger partial charge in [0, 0.05) is 62.2 Å². The van der Waals surface area contributed by atoms with E-state index in [-0.39, 0.29) is 34.8 Å². The molecule has 0 aliphatic carbocycles. The monoisotopic (exact) mass is 634 g/mol. The number of carbonyl (C=O) groups excluding carboxylic acids is 1. The number of aliphatic carboxylic acids is 1. The number of hydrogen-bond donors (Lipinski definition) is 3. The number of phenolic OH excluding ortho intramolecular Hbond substituents is 1. The summed E-state index contributed by atoms with van der Waals surface area (Å²) in [4.78, 5) is 25.4. The minimum Gasteiger partial charge on any atom is -0.506 e. The molecule has 1 unspecified atom stereocenters. The molecule has 3 aliphatic heterocycles. The quantitative estimate of drug-likeness (QED) is 0.410. The summed E-state index contributed by atoms with van der Waals surface area (Å²) >= 11 is 12.3. The van der Waals surface area contributed by atoms with Crippen molar-refractivity contribution in [2.75, 3.05) is 37.7 Å². The molecule has 5 rings (SSSR count). The zero-order chi connectivity index (χ0) is 30.8. The van der Waals surface area contributed by atoms with Crippen molar-refractivity contribution in [1.82, 2.24) is 4.90 Å². The Kier molecular flexibility index (Phi) is 9.71. The summed E-state index contributed by atoms with van der Waals surface area (Å²) in [5, 5.41) is 29.3. The van der Waals surface area contributed by atoms with Gasteiger partial charge in [-0.1, -0.05) is 23.2 Å². The smallest absolute Gasteiger partial charge is 0.490 e. The van der Waals surface area contributed by atoms with Crippen LogP contribution in [-0.2, 0) is 27.2 Å². The molecule has 230 valence electrons. The van der Waals surface area contributed by atoms with Gasteiger partial charge in [-0.15, -0.1) is 0 Å². The van der Waals surface area contributed by atoms with Gasteiger partial charge in [-0.3, -0.25) is 9.69 Å². The molecular weight excluding hydrogens is 604 g/mol. The highest BCUT2D eigenvalue weighted by Gasteiger charge is 2.45. The maximum atomic E-state index is 12.2. The van der Waals surface area contributed by atoms with E-state index in [1.165, 1.54) is 0 Å². The van der Waals surface area contributed by atoms with Gasteiger partial charge in [0.1, 0.15) is 17.1 Å². The maximum Gasteiger partial charge on any atom is 0.490 e. The summed E-state index contributed by atoms with van der Waals surface area (Å²) in [6.07, 6.45) is -2.99. The van der Waals surface area contributed by atoms with Crippen LogP contribution in [0.2, 0.25) is 10.0 Å². The van der Waals surface area contributed by atoms with Gasteiger partial charge in [0.15, 0.2) is 0 Å². The van der Waals surface area contributed by atoms with Crippen LogP contribution < -0.4 is 9.64 Å². The predicted octanol–water partition coefficient (Wildman–Crippen LogP) is 4.46. The van der Waals surface area contributed by atoms with Crippen LogP contribution in [-0.4, -0.2) is 88.9 Å². The van der Waals surface area contributed by atoms with Crippen LogP contribution in [0.5, 0.6) is 11.5 Å². The number of phenols is 1. The van der Waals surface area contributed by atoms with Crippen LogP contribution in [0.25, 0.3) is 0 Å². The second kappa shape index (κ2) is 12.7. The highest BCUT2D eigenvalue weighted by atomic mass is 35.5. The standard InChI is InChI=1S/C26H30Cl2N2O5.C2HF3O2/c1-2-34-25(33)11-16-10-19(28)22(31)12-20(16)30-14-21(23(32)15-30)29-7-5-26(6-8-29)13-17-9-18(27)3-4-24(17)35-26;3-2(4,5)1(6)7/h3-4,9-10,12,21,23,31-32H,2,5-8,11,13-15H2,1H3;(H,6,7)/t21?,23-;/m1./s1. The zero-order valence-corrected chi connectivity index (χ0v) is 24.2. The first kappa shape index (κ1) is 32.0. The van der Waals surface area contributed by atoms with E-state index in [4.69, 9.17) is 42.6 Å². The van der Waals surface area contributed by atoms with Crippen LogP contribution in [0.3, 0.4) is 0 Å². The van der Waals surface area contributed by atoms with Gasteiger partial charge >= 0.3 is 18.1 Å². The number of likely N-dealkylation sites (tertiary alicyclic amines) is 1. The van der Waals surface area contributed by atoms with E-state index in [0.717, 1.165) is 48.7 Å². The molecule has 2 fully saturated rings. The van der Waals surface area contributed by atoms with Crippen molar-refractivity contribution in [2.24, 2.45) is 0 Å². The molecule has 9 nitrogen and oxygen atoms in total. The molecule has 0 saturated carbocycles. The minimum atomic E-state index is -5.08. The number of carboxylic acids is 1. The Bertz CT molecular complexity index is 1320. The number of ether oxygens (including phenoxy) is 2. The average molecular weight is 635 g/mol. The fourth-order valence-electron chi connectivity index (χ4n) is 5.66. The molecule has 3 heterocycles. The zero-order valence-electron chi connectivity index (χ0n) is 22.7. The molecule has 2 saturated heterocycles. The lowest BCUT2D eigenvalue weighted by atomic mass is 9.86. The first-order valence-corrected chi connectivity index (χ1v) is 14.1. The normalized spacial score (nSPS) is 21.4. The third-order valence-electron chi connectivity index (χ3n) is 7.67. The van der Waals surface area contributed by atoms with Crippen molar-refractivity contribution < 1.29 is 47.6 Å². The topological polar surface area (TPSA) is 120 Å². The van der Waals surface area contributed by atoms with Gasteiger partial charge in [-0.2, -0.15) is 13.2 Å². The number of β-amino-alcohol motifs (C(OH)–C–C–N with tert-alkyl or cyclic N) is 1. The Morgan fingerprint density at radius 2 is 1.81 bits per heavy atom. The lowest BCUT2D eigenvalue weighted by Gasteiger charge is -2.41. The highest BCUT2D eigenvalue weighted by Crippen LogP contribution is 2.43. The summed E-state index contributed by atoms with van der Waals surface area (Å²) in [5.74, 6) is -2.24. The van der Waals surface area contributed by atoms with Crippen LogP contribution >= 0.6 is 23.2 Å². The predicted molar refractivity (Wildman–Crippen MR) is 148 cm³/mol. The molecule has 3 aliphatic rings. The number of anilines is 1. The molecule has 2 aromatic rings. The van der Waals surface area contributed by atoms with E-state index in [1.54, 1.807) is 19.1 Å². The Balaban J connectivity index is 0.000000517. The number of esters is 1. The molecule has 2 atom stereocenters. The molecule has 3 N–H and O–H groups in total. The third kappa shape index (κ3) is 7.34. The van der Waals surface area contributed by atoms with Crippen molar-refractivity contribution in [3.63, 3.8) is 0 Å². The van der Waals surface area contributed by atoms with Crippen LogP contribution in [0, 0.1) is 0 Å². The molecule has 0 bridgehead atoms. The van der Waals surface area contributed by atoms with Gasteiger partial charge in [-0.05, 0) is 42.3 Å². The number of aliphatic hydroxyl groups is 1. The number of carbonyl (C=O) groups is 2. The Hall–Kier alpha value is -2.93. The SMILES string of the molecule is CCOC(=O)Cc1cc(Cl)c(O)cc1N1CC(N2CCC3(CC2)Cc2cc(Cl)ccc2O3)[C@H](O)C1.O=C(O)C(F)(F)F. The number of aliphatic hydroxyl groups excluding tert-OH is 1. The molecule has 1 spiro atoms. The molecule has 2 aromatic carbocycles. The van der Waals surface area contributed by atoms with E-state index in [1.807, 2.05) is 23.1 Å². The fraction of sp³-hybridized carbons (Fsp3) is 0.500. The molecule has 14 heteroatoms. The Labute approximate surface area is 250 Å². The number of piperidine rings is 1. The van der Waals surface area contributed by atoms with Gasteiger partial charge < -0.3 is 29.7 Å². The molecule has 0 aromatic heterocycles. The van der Waals surface area contributed by atoms with Crippen molar-refractivity contribution in [3.8, 4) is 11.5 Å². The summed E-state index contributed by atoms with van der Waals surface area (Å²) in [6, 6.07) is 8.93. The van der Waals surface area contributed by atoms with E-state index in [0.29, 0.717) is 30.9 Å². The van der Waals surface area contributed by atoms with Gasteiger partial charge in [0.05, 0.1) is 30.2 Å². The van der Waals surface area contributed by atoms with Crippen LogP contribution in [0.15, 0.2) is 30.3 Å². The lowest BCUT2D eigenvalue weighted by Crippen LogP contribution is -2.53. The number of hydrogen-bond acceptors (Lipinski definition) is 8. The van der Waals surface area contributed by atoms with Crippen molar-refractivity contribution >= 4 is 40.8 Å². The van der Waals surface area contributed by atoms with E-state index in [9.17, 15) is 28.2 Å². The van der Waals surface area contributed by atoms with Crippen LogP contribution in [0.4, 0.5) is 18.9 Å². The van der Waals surface area contributed by atoms with Gasteiger partial charge in [0.2, 0.25) is 0 Å². The summed E-state index contributed by atoms with van der Waals surface area (Å²) < 4.78 is 43.2. The Morgan fingerprint density at radius 3 is 2.43 bits per heavy atom. The van der Waals surface area contributed by atoms with Crippen molar-refractivity contribution in [3.05, 3.63) is 51.5 Å². The maximum absolute atomic E-state index is 12.2. The number of carboxylic acid groups (broad SMARTS) is 1. The second-order valence-electron chi connectivity index (χ2n) is 10.5. The molecule has 0 radical (unpaired) electrons. The molecule has 0 amide bonds. The summed E-state index contributed by atoms with van der Waals surface area (Å²) in [6.45, 7) is 4.68. The fourth-order valence-corrected chi connectivity index (χ4v) is 6.05. The van der Waals surface area contributed by atoms with E-state index in [2.05, 4.69) is 4.90 Å². The van der Waals surface area contributed by atoms with E-state index < -0.39 is 18.2 Å². The average Bonchev–Trinajstić information content (AvgIpc) is 3.46. The third-order valence-corrected chi connectivity index (χ3v) is 8.21. The number of rotatable bonds is 5. The first-order chi connectivity index (χ1) is 19.7. The number of nitrogens with zero attached hydrogens (tertiary/aromatic N) is 2. The molecular formula is C28H31Cl2F3N2O7. The second-order valence-corrected chi connectivity index (χ2v) is 11.4.